The standard InChI is InChI=1S/C15H13N3O3S/c1-3-21-15(20)12-9(2)11-13(22-12)17-8-18(14(11)19)10-6-4-5-7-16-10/h4-8H,3H2,1-2H3. The third-order valence-corrected chi connectivity index (χ3v) is 4.39. The summed E-state index contributed by atoms with van der Waals surface area (Å²) in [5.41, 5.74) is 0.356. The van der Waals surface area contributed by atoms with Crippen molar-refractivity contribution < 1.29 is 9.53 Å². The average molecular weight is 315 g/mol. The topological polar surface area (TPSA) is 74.1 Å². The average Bonchev–Trinajstić information content (AvgIpc) is 2.87. The second-order valence-electron chi connectivity index (χ2n) is 4.56. The molecule has 0 amide bonds. The highest BCUT2D eigenvalue weighted by atomic mass is 32.1. The zero-order valence-corrected chi connectivity index (χ0v) is 12.9. The Hall–Kier alpha value is -2.54. The smallest absolute Gasteiger partial charge is 0.348 e. The van der Waals surface area contributed by atoms with Gasteiger partial charge in [-0.1, -0.05) is 6.07 Å². The summed E-state index contributed by atoms with van der Waals surface area (Å²) in [4.78, 5) is 34.0. The van der Waals surface area contributed by atoms with Gasteiger partial charge in [-0.15, -0.1) is 11.3 Å². The number of nitrogens with zero attached hydrogens (tertiary/aromatic N) is 3. The molecule has 0 aliphatic rings. The number of carbonyl (C=O) groups excluding carboxylic acids is 1. The number of thiophene rings is 1. The molecule has 0 radical (unpaired) electrons. The lowest BCUT2D eigenvalue weighted by Crippen LogP contribution is -2.19. The van der Waals surface area contributed by atoms with E-state index < -0.39 is 5.97 Å². The predicted molar refractivity (Wildman–Crippen MR) is 83.7 cm³/mol. The first-order valence-corrected chi connectivity index (χ1v) is 7.54. The maximum absolute atomic E-state index is 12.7. The van der Waals surface area contributed by atoms with E-state index in [-0.39, 0.29) is 12.2 Å². The Bertz CT molecular complexity index is 900. The fourth-order valence-electron chi connectivity index (χ4n) is 2.17. The number of hydrogen-bond acceptors (Lipinski definition) is 6. The van der Waals surface area contributed by atoms with Crippen LogP contribution >= 0.6 is 11.3 Å². The van der Waals surface area contributed by atoms with Crippen molar-refractivity contribution in [2.75, 3.05) is 6.61 Å². The van der Waals surface area contributed by atoms with Crippen LogP contribution in [0.5, 0.6) is 0 Å². The summed E-state index contributed by atoms with van der Waals surface area (Å²) in [6, 6.07) is 5.29. The zero-order chi connectivity index (χ0) is 15.7. The first-order chi connectivity index (χ1) is 10.6. The Labute approximate surface area is 130 Å². The number of pyridine rings is 1. The van der Waals surface area contributed by atoms with Crippen LogP contribution in [0.4, 0.5) is 0 Å². The first-order valence-electron chi connectivity index (χ1n) is 6.72. The summed E-state index contributed by atoms with van der Waals surface area (Å²) in [6.45, 7) is 3.77. The second-order valence-corrected chi connectivity index (χ2v) is 5.56. The van der Waals surface area contributed by atoms with Crippen molar-refractivity contribution in [2.24, 2.45) is 0 Å². The lowest BCUT2D eigenvalue weighted by molar-refractivity contribution is 0.0531. The molecule has 22 heavy (non-hydrogen) atoms. The third kappa shape index (κ3) is 2.29. The maximum atomic E-state index is 12.7. The van der Waals surface area contributed by atoms with Crippen LogP contribution in [0, 0.1) is 6.92 Å². The highest BCUT2D eigenvalue weighted by molar-refractivity contribution is 7.20. The lowest BCUT2D eigenvalue weighted by Gasteiger charge is -2.03. The van der Waals surface area contributed by atoms with Gasteiger partial charge in [0.15, 0.2) is 0 Å². The van der Waals surface area contributed by atoms with E-state index in [0.29, 0.717) is 26.5 Å². The summed E-state index contributed by atoms with van der Waals surface area (Å²) in [7, 11) is 0. The van der Waals surface area contributed by atoms with Crippen LogP contribution in [0.25, 0.3) is 16.0 Å². The van der Waals surface area contributed by atoms with Crippen molar-refractivity contribution in [2.45, 2.75) is 13.8 Å². The molecule has 0 atom stereocenters. The molecular weight excluding hydrogens is 302 g/mol. The molecule has 3 aromatic heterocycles. The van der Waals surface area contributed by atoms with E-state index in [4.69, 9.17) is 4.74 Å². The van der Waals surface area contributed by atoms with E-state index in [1.54, 1.807) is 38.2 Å². The third-order valence-electron chi connectivity index (χ3n) is 3.21. The molecule has 0 bridgehead atoms. The number of carbonyl (C=O) groups is 1. The number of esters is 1. The Morgan fingerprint density at radius 2 is 2.18 bits per heavy atom. The molecule has 3 aromatic rings. The quantitative estimate of drug-likeness (QED) is 0.694. The van der Waals surface area contributed by atoms with Crippen molar-refractivity contribution in [1.29, 1.82) is 0 Å². The van der Waals surface area contributed by atoms with Gasteiger partial charge in [0.2, 0.25) is 0 Å². The summed E-state index contributed by atoms with van der Waals surface area (Å²) in [5.74, 6) is 0.0666. The summed E-state index contributed by atoms with van der Waals surface area (Å²) in [5, 5.41) is 0.432. The molecular formula is C15H13N3O3S. The number of ether oxygens (including phenoxy) is 1. The number of aromatic nitrogens is 3. The Kier molecular flexibility index (Phi) is 3.72. The van der Waals surface area contributed by atoms with E-state index in [1.807, 2.05) is 0 Å². The van der Waals surface area contributed by atoms with E-state index in [2.05, 4.69) is 9.97 Å². The fourth-order valence-corrected chi connectivity index (χ4v) is 3.21. The molecule has 0 spiro atoms. The molecule has 0 aliphatic carbocycles. The number of aryl methyl sites for hydroxylation is 1. The molecule has 112 valence electrons. The van der Waals surface area contributed by atoms with Gasteiger partial charge >= 0.3 is 5.97 Å². The van der Waals surface area contributed by atoms with Gasteiger partial charge in [0.25, 0.3) is 5.56 Å². The normalized spacial score (nSPS) is 10.8. The summed E-state index contributed by atoms with van der Waals surface area (Å²) >= 11 is 1.17. The molecule has 3 heterocycles. The van der Waals surface area contributed by atoms with Crippen LogP contribution < -0.4 is 5.56 Å². The van der Waals surface area contributed by atoms with Crippen molar-refractivity contribution in [1.82, 2.24) is 14.5 Å². The van der Waals surface area contributed by atoms with E-state index in [0.717, 1.165) is 0 Å². The summed E-state index contributed by atoms with van der Waals surface area (Å²) in [6.07, 6.45) is 3.04. The highest BCUT2D eigenvalue weighted by Gasteiger charge is 2.20. The zero-order valence-electron chi connectivity index (χ0n) is 12.1. The Balaban J connectivity index is 2.22. The first kappa shape index (κ1) is 14.4. The van der Waals surface area contributed by atoms with Gasteiger partial charge in [-0.3, -0.25) is 9.36 Å². The van der Waals surface area contributed by atoms with Crippen LogP contribution in [0.1, 0.15) is 22.2 Å². The predicted octanol–water partition coefficient (Wildman–Crippen LogP) is 2.33. The molecule has 0 aliphatic heterocycles. The summed E-state index contributed by atoms with van der Waals surface area (Å²) < 4.78 is 6.39. The van der Waals surface area contributed by atoms with Crippen LogP contribution in [-0.2, 0) is 4.74 Å². The minimum atomic E-state index is -0.424. The van der Waals surface area contributed by atoms with Gasteiger partial charge in [0, 0.05) is 6.20 Å². The van der Waals surface area contributed by atoms with Crippen molar-refractivity contribution in [3.05, 3.63) is 51.5 Å². The SMILES string of the molecule is CCOC(=O)c1sc2ncn(-c3ccccn3)c(=O)c2c1C. The fraction of sp³-hybridized carbons (Fsp3) is 0.200. The van der Waals surface area contributed by atoms with Gasteiger partial charge in [0.05, 0.1) is 12.0 Å². The Morgan fingerprint density at radius 3 is 2.86 bits per heavy atom. The second kappa shape index (κ2) is 5.69. The van der Waals surface area contributed by atoms with Crippen LogP contribution in [0.2, 0.25) is 0 Å². The van der Waals surface area contributed by atoms with E-state index in [1.165, 1.54) is 22.2 Å². The van der Waals surface area contributed by atoms with Gasteiger partial charge in [-0.05, 0) is 31.5 Å². The van der Waals surface area contributed by atoms with Crippen LogP contribution in [0.15, 0.2) is 35.5 Å². The van der Waals surface area contributed by atoms with Crippen molar-refractivity contribution in [3.63, 3.8) is 0 Å². The van der Waals surface area contributed by atoms with Crippen LogP contribution in [-0.4, -0.2) is 27.1 Å². The van der Waals surface area contributed by atoms with Gasteiger partial charge in [-0.25, -0.2) is 14.8 Å². The molecule has 0 saturated carbocycles. The molecule has 0 saturated heterocycles. The molecule has 6 nitrogen and oxygen atoms in total. The minimum absolute atomic E-state index is 0.243. The minimum Gasteiger partial charge on any atom is -0.462 e. The molecule has 0 N–H and O–H groups in total. The highest BCUT2D eigenvalue weighted by Crippen LogP contribution is 2.27. The van der Waals surface area contributed by atoms with Gasteiger partial charge < -0.3 is 4.74 Å². The molecule has 0 unspecified atom stereocenters. The van der Waals surface area contributed by atoms with Gasteiger partial charge in [0.1, 0.15) is 21.9 Å². The van der Waals surface area contributed by atoms with Crippen molar-refractivity contribution >= 4 is 27.5 Å². The largest absolute Gasteiger partial charge is 0.462 e. The molecule has 7 heteroatoms. The van der Waals surface area contributed by atoms with E-state index in [9.17, 15) is 9.59 Å². The Morgan fingerprint density at radius 1 is 1.36 bits per heavy atom. The van der Waals surface area contributed by atoms with Gasteiger partial charge in [-0.2, -0.15) is 0 Å². The lowest BCUT2D eigenvalue weighted by atomic mass is 10.2. The van der Waals surface area contributed by atoms with E-state index >= 15 is 0 Å². The number of hydrogen-bond donors (Lipinski definition) is 0. The molecule has 3 rings (SSSR count). The number of fused-ring (bicyclic) bond motifs is 1. The molecule has 0 aromatic carbocycles. The van der Waals surface area contributed by atoms with Crippen LogP contribution in [0.3, 0.4) is 0 Å². The monoisotopic (exact) mass is 315 g/mol. The number of rotatable bonds is 3. The van der Waals surface area contributed by atoms with Crippen molar-refractivity contribution in [3.8, 4) is 5.82 Å². The maximum Gasteiger partial charge on any atom is 0.348 e. The molecule has 0 fully saturated rings.